The highest BCUT2D eigenvalue weighted by Gasteiger charge is 2.29. The Kier molecular flexibility index (Phi) is 5.17. The minimum atomic E-state index is -0.210. The number of hydrogen-bond acceptors (Lipinski definition) is 4. The fourth-order valence-corrected chi connectivity index (χ4v) is 2.79. The van der Waals surface area contributed by atoms with Gasteiger partial charge in [0.2, 0.25) is 0 Å². The fraction of sp³-hybridized carbons (Fsp3) is 0.389. The van der Waals surface area contributed by atoms with Gasteiger partial charge in [-0.3, -0.25) is 4.79 Å². The molecule has 3 N–H and O–H groups in total. The summed E-state index contributed by atoms with van der Waals surface area (Å²) in [5.74, 6) is 0.588. The van der Waals surface area contributed by atoms with Crippen molar-refractivity contribution >= 4 is 5.91 Å². The number of aromatic amines is 1. The number of amides is 1. The highest BCUT2D eigenvalue weighted by Crippen LogP contribution is 2.19. The van der Waals surface area contributed by atoms with Gasteiger partial charge in [0.15, 0.2) is 0 Å². The van der Waals surface area contributed by atoms with Gasteiger partial charge < -0.3 is 24.9 Å². The first kappa shape index (κ1) is 16.5. The summed E-state index contributed by atoms with van der Waals surface area (Å²) in [4.78, 5) is 15.4. The lowest BCUT2D eigenvalue weighted by molar-refractivity contribution is -0.00290. The Morgan fingerprint density at radius 1 is 1.38 bits per heavy atom. The summed E-state index contributed by atoms with van der Waals surface area (Å²) in [6, 6.07) is 8.86. The molecule has 0 bridgehead atoms. The maximum absolute atomic E-state index is 12.4. The number of carbonyl (C=O) groups is 1. The van der Waals surface area contributed by atoms with Crippen molar-refractivity contribution in [1.82, 2.24) is 10.3 Å². The Labute approximate surface area is 140 Å². The molecule has 2 heterocycles. The van der Waals surface area contributed by atoms with Crippen LogP contribution in [-0.2, 0) is 11.3 Å². The van der Waals surface area contributed by atoms with E-state index in [1.54, 1.807) is 12.3 Å². The van der Waals surface area contributed by atoms with Gasteiger partial charge in [-0.05, 0) is 30.7 Å². The highest BCUT2D eigenvalue weighted by atomic mass is 16.5. The SMILES string of the molecule is Cc1[nH]ccc1C(=O)N[C@@H]1COCC[C@H]1Oc1ccc(CO)cc1. The molecular weight excluding hydrogens is 308 g/mol. The molecule has 0 spiro atoms. The zero-order valence-electron chi connectivity index (χ0n) is 13.6. The van der Waals surface area contributed by atoms with Crippen LogP contribution in [0.4, 0.5) is 0 Å². The van der Waals surface area contributed by atoms with Crippen LogP contribution in [0.1, 0.15) is 28.0 Å². The number of hydrogen-bond donors (Lipinski definition) is 3. The largest absolute Gasteiger partial charge is 0.488 e. The number of ether oxygens (including phenoxy) is 2. The van der Waals surface area contributed by atoms with E-state index in [4.69, 9.17) is 14.6 Å². The summed E-state index contributed by atoms with van der Waals surface area (Å²) in [5, 5.41) is 12.1. The summed E-state index contributed by atoms with van der Waals surface area (Å²) in [7, 11) is 0. The Balaban J connectivity index is 1.66. The van der Waals surface area contributed by atoms with Crippen LogP contribution in [0.5, 0.6) is 5.75 Å². The quantitative estimate of drug-likeness (QED) is 0.780. The predicted octanol–water partition coefficient (Wildman–Crippen LogP) is 1.78. The second-order valence-electron chi connectivity index (χ2n) is 5.92. The van der Waals surface area contributed by atoms with Gasteiger partial charge in [-0.2, -0.15) is 0 Å². The van der Waals surface area contributed by atoms with Gasteiger partial charge in [-0.15, -0.1) is 0 Å². The van der Waals surface area contributed by atoms with Crippen molar-refractivity contribution in [2.45, 2.75) is 32.1 Å². The molecule has 3 rings (SSSR count). The van der Waals surface area contributed by atoms with Gasteiger partial charge in [0.25, 0.3) is 5.91 Å². The number of rotatable bonds is 5. The number of aryl methyl sites for hydroxylation is 1. The lowest BCUT2D eigenvalue weighted by atomic mass is 10.1. The Morgan fingerprint density at radius 3 is 2.83 bits per heavy atom. The Bertz CT molecular complexity index is 681. The van der Waals surface area contributed by atoms with E-state index in [0.29, 0.717) is 25.2 Å². The zero-order valence-corrected chi connectivity index (χ0v) is 13.6. The van der Waals surface area contributed by atoms with Crippen molar-refractivity contribution in [3.8, 4) is 5.75 Å². The van der Waals surface area contributed by atoms with E-state index >= 15 is 0 Å². The third-order valence-electron chi connectivity index (χ3n) is 4.20. The first-order chi connectivity index (χ1) is 11.7. The van der Waals surface area contributed by atoms with E-state index in [-0.39, 0.29) is 24.7 Å². The van der Waals surface area contributed by atoms with Crippen LogP contribution < -0.4 is 10.1 Å². The average Bonchev–Trinajstić information content (AvgIpc) is 3.03. The van der Waals surface area contributed by atoms with E-state index in [2.05, 4.69) is 10.3 Å². The molecule has 0 aliphatic carbocycles. The number of benzene rings is 1. The van der Waals surface area contributed by atoms with Gasteiger partial charge >= 0.3 is 0 Å². The lowest BCUT2D eigenvalue weighted by Crippen LogP contribution is -2.51. The van der Waals surface area contributed by atoms with Crippen molar-refractivity contribution in [1.29, 1.82) is 0 Å². The van der Waals surface area contributed by atoms with Crippen molar-refractivity contribution in [3.05, 3.63) is 53.3 Å². The number of nitrogens with one attached hydrogen (secondary N) is 2. The molecule has 0 saturated carbocycles. The van der Waals surface area contributed by atoms with Crippen LogP contribution in [0.2, 0.25) is 0 Å². The molecule has 128 valence electrons. The number of aliphatic hydroxyl groups is 1. The molecule has 1 aromatic heterocycles. The van der Waals surface area contributed by atoms with Crippen LogP contribution in [0.25, 0.3) is 0 Å². The summed E-state index contributed by atoms with van der Waals surface area (Å²) < 4.78 is 11.5. The number of H-pyrrole nitrogens is 1. The molecule has 2 aromatic rings. The third-order valence-corrected chi connectivity index (χ3v) is 4.20. The van der Waals surface area contributed by atoms with E-state index in [1.807, 2.05) is 31.2 Å². The standard InChI is InChI=1S/C18H22N2O4/c1-12-15(6-8-19-12)18(22)20-16-11-23-9-7-17(16)24-14-4-2-13(10-21)3-5-14/h2-6,8,16-17,19,21H,7,9-11H2,1H3,(H,20,22)/t16-,17-/m1/s1. The number of carbonyl (C=O) groups excluding carboxylic acids is 1. The highest BCUT2D eigenvalue weighted by molar-refractivity contribution is 5.95. The normalized spacial score (nSPS) is 20.6. The molecule has 24 heavy (non-hydrogen) atoms. The van der Waals surface area contributed by atoms with Gasteiger partial charge in [-0.1, -0.05) is 12.1 Å². The van der Waals surface area contributed by atoms with E-state index in [9.17, 15) is 4.79 Å². The topological polar surface area (TPSA) is 83.6 Å². The van der Waals surface area contributed by atoms with Crippen LogP contribution in [-0.4, -0.2) is 41.4 Å². The third kappa shape index (κ3) is 3.77. The molecule has 1 aromatic carbocycles. The van der Waals surface area contributed by atoms with Gasteiger partial charge in [0.05, 0.1) is 31.4 Å². The fourth-order valence-electron chi connectivity index (χ4n) is 2.79. The van der Waals surface area contributed by atoms with Crippen molar-refractivity contribution in [2.75, 3.05) is 13.2 Å². The van der Waals surface area contributed by atoms with Crippen LogP contribution >= 0.6 is 0 Å². The predicted molar refractivity (Wildman–Crippen MR) is 89.0 cm³/mol. The molecule has 0 radical (unpaired) electrons. The monoisotopic (exact) mass is 330 g/mol. The zero-order chi connectivity index (χ0) is 16.9. The summed E-state index contributed by atoms with van der Waals surface area (Å²) in [5.41, 5.74) is 2.30. The molecule has 6 heteroatoms. The van der Waals surface area contributed by atoms with Crippen LogP contribution in [0.3, 0.4) is 0 Å². The second-order valence-corrected chi connectivity index (χ2v) is 5.92. The number of aromatic nitrogens is 1. The van der Waals surface area contributed by atoms with Gasteiger partial charge in [0.1, 0.15) is 11.9 Å². The lowest BCUT2D eigenvalue weighted by Gasteiger charge is -2.32. The van der Waals surface area contributed by atoms with Crippen LogP contribution in [0.15, 0.2) is 36.5 Å². The minimum Gasteiger partial charge on any atom is -0.488 e. The summed E-state index contributed by atoms with van der Waals surface area (Å²) in [6.45, 7) is 2.90. The maximum Gasteiger partial charge on any atom is 0.253 e. The van der Waals surface area contributed by atoms with Crippen molar-refractivity contribution in [2.24, 2.45) is 0 Å². The number of aliphatic hydroxyl groups excluding tert-OH is 1. The second kappa shape index (κ2) is 7.51. The molecule has 1 fully saturated rings. The Hall–Kier alpha value is -2.31. The molecule has 2 atom stereocenters. The van der Waals surface area contributed by atoms with Crippen molar-refractivity contribution in [3.63, 3.8) is 0 Å². The molecule has 1 amide bonds. The van der Waals surface area contributed by atoms with Crippen LogP contribution in [0, 0.1) is 6.92 Å². The Morgan fingerprint density at radius 2 is 2.17 bits per heavy atom. The van der Waals surface area contributed by atoms with E-state index in [0.717, 1.165) is 17.0 Å². The minimum absolute atomic E-state index is 0.00620. The average molecular weight is 330 g/mol. The molecule has 1 aliphatic rings. The van der Waals surface area contributed by atoms with E-state index in [1.165, 1.54) is 0 Å². The summed E-state index contributed by atoms with van der Waals surface area (Å²) in [6.07, 6.45) is 2.30. The van der Waals surface area contributed by atoms with Gasteiger partial charge in [0, 0.05) is 18.3 Å². The smallest absolute Gasteiger partial charge is 0.253 e. The maximum atomic E-state index is 12.4. The summed E-state index contributed by atoms with van der Waals surface area (Å²) >= 11 is 0. The van der Waals surface area contributed by atoms with Gasteiger partial charge in [-0.25, -0.2) is 0 Å². The molecule has 6 nitrogen and oxygen atoms in total. The first-order valence-electron chi connectivity index (χ1n) is 8.06. The molecule has 0 unspecified atom stereocenters. The molecule has 1 aliphatic heterocycles. The molecular formula is C18H22N2O4. The first-order valence-corrected chi connectivity index (χ1v) is 8.06. The molecule has 1 saturated heterocycles. The van der Waals surface area contributed by atoms with Crippen molar-refractivity contribution < 1.29 is 19.4 Å². The van der Waals surface area contributed by atoms with E-state index < -0.39 is 0 Å².